The molecule has 2 heterocycles. The van der Waals surface area contributed by atoms with E-state index in [2.05, 4.69) is 12.2 Å². The molecule has 2 aliphatic rings. The topological polar surface area (TPSA) is 52.7 Å². The van der Waals surface area contributed by atoms with Crippen molar-refractivity contribution in [2.45, 2.75) is 37.5 Å². The van der Waals surface area contributed by atoms with E-state index in [0.29, 0.717) is 41.8 Å². The molecule has 5 nitrogen and oxygen atoms in total. The summed E-state index contributed by atoms with van der Waals surface area (Å²) in [5.74, 6) is 0.898. The molecule has 0 aliphatic carbocycles. The first kappa shape index (κ1) is 20.6. The molecule has 3 rings (SSSR count). The van der Waals surface area contributed by atoms with Gasteiger partial charge in [0.2, 0.25) is 0 Å². The molecule has 0 bridgehead atoms. The van der Waals surface area contributed by atoms with Crippen LogP contribution >= 0.6 is 35.0 Å². The number of thioether (sulfide) groups is 1. The Balaban J connectivity index is 1.65. The van der Waals surface area contributed by atoms with E-state index in [1.807, 2.05) is 21.6 Å². The first-order valence-corrected chi connectivity index (χ1v) is 11.1. The van der Waals surface area contributed by atoms with Crippen LogP contribution in [0.15, 0.2) is 18.2 Å². The van der Waals surface area contributed by atoms with Crippen molar-refractivity contribution in [1.29, 1.82) is 0 Å². The van der Waals surface area contributed by atoms with Crippen molar-refractivity contribution in [3.05, 3.63) is 33.8 Å². The molecule has 0 atom stereocenters. The van der Waals surface area contributed by atoms with Crippen LogP contribution in [-0.2, 0) is 0 Å². The van der Waals surface area contributed by atoms with Gasteiger partial charge >= 0.3 is 6.03 Å². The monoisotopic (exact) mass is 429 g/mol. The molecule has 8 heteroatoms. The second-order valence-electron chi connectivity index (χ2n) is 6.95. The summed E-state index contributed by atoms with van der Waals surface area (Å²) >= 11 is 13.9. The Morgan fingerprint density at radius 2 is 1.93 bits per heavy atom. The van der Waals surface area contributed by atoms with Crippen LogP contribution in [0.2, 0.25) is 10.0 Å². The highest BCUT2D eigenvalue weighted by molar-refractivity contribution is 8.00. The van der Waals surface area contributed by atoms with Crippen LogP contribution in [0.4, 0.5) is 4.79 Å². The lowest BCUT2D eigenvalue weighted by molar-refractivity contribution is 0.0581. The molecule has 3 amide bonds. The third-order valence-corrected chi connectivity index (χ3v) is 7.52. The van der Waals surface area contributed by atoms with Crippen LogP contribution < -0.4 is 5.32 Å². The maximum absolute atomic E-state index is 13.1. The fraction of sp³-hybridized carbons (Fsp3) is 0.579. The number of hydrogen-bond donors (Lipinski definition) is 1. The maximum atomic E-state index is 13.1. The predicted molar refractivity (Wildman–Crippen MR) is 112 cm³/mol. The van der Waals surface area contributed by atoms with Gasteiger partial charge in [0.15, 0.2) is 0 Å². The standard InChI is InChI=1S/C19H25Cl2N3O2S/c1-2-3-8-22-18(26)23-9-6-19(7-10-23)24(11-12-27-19)17(25)14-4-5-15(20)16(21)13-14/h4-5,13H,2-3,6-12H2,1H3,(H,22,26). The molecule has 1 aromatic rings. The molecule has 1 spiro atoms. The summed E-state index contributed by atoms with van der Waals surface area (Å²) in [7, 11) is 0. The zero-order chi connectivity index (χ0) is 19.4. The van der Waals surface area contributed by atoms with Crippen molar-refractivity contribution in [3.63, 3.8) is 0 Å². The van der Waals surface area contributed by atoms with Crippen molar-refractivity contribution >= 4 is 46.9 Å². The highest BCUT2D eigenvalue weighted by Crippen LogP contribution is 2.44. The third-order valence-electron chi connectivity index (χ3n) is 5.23. The average molecular weight is 430 g/mol. The molecule has 1 N–H and O–H groups in total. The number of carbonyl (C=O) groups excluding carboxylic acids is 2. The van der Waals surface area contributed by atoms with Crippen LogP contribution in [0.25, 0.3) is 0 Å². The number of urea groups is 1. The molecule has 2 aliphatic heterocycles. The van der Waals surface area contributed by atoms with Gasteiger partial charge in [-0.15, -0.1) is 11.8 Å². The molecule has 2 fully saturated rings. The Kier molecular flexibility index (Phi) is 6.82. The molecule has 0 unspecified atom stereocenters. The summed E-state index contributed by atoms with van der Waals surface area (Å²) in [6.45, 7) is 4.86. The average Bonchev–Trinajstić information content (AvgIpc) is 3.07. The summed E-state index contributed by atoms with van der Waals surface area (Å²) < 4.78 is 0. The number of benzene rings is 1. The van der Waals surface area contributed by atoms with Gasteiger partial charge in [0.1, 0.15) is 0 Å². The van der Waals surface area contributed by atoms with E-state index in [-0.39, 0.29) is 16.8 Å². The van der Waals surface area contributed by atoms with E-state index >= 15 is 0 Å². The minimum Gasteiger partial charge on any atom is -0.338 e. The molecule has 27 heavy (non-hydrogen) atoms. The van der Waals surface area contributed by atoms with Crippen molar-refractivity contribution in [3.8, 4) is 0 Å². The number of amides is 3. The molecule has 0 radical (unpaired) electrons. The van der Waals surface area contributed by atoms with Crippen LogP contribution in [0.5, 0.6) is 0 Å². The van der Waals surface area contributed by atoms with E-state index in [9.17, 15) is 9.59 Å². The smallest absolute Gasteiger partial charge is 0.317 e. The van der Waals surface area contributed by atoms with E-state index in [1.165, 1.54) is 0 Å². The molecule has 148 valence electrons. The van der Waals surface area contributed by atoms with Gasteiger partial charge in [0, 0.05) is 37.5 Å². The molecule has 0 aromatic heterocycles. The Hall–Kier alpha value is -1.11. The Bertz CT molecular complexity index is 708. The van der Waals surface area contributed by atoms with Crippen LogP contribution in [0.1, 0.15) is 43.0 Å². The summed E-state index contributed by atoms with van der Waals surface area (Å²) in [4.78, 5) is 29.0. The number of rotatable bonds is 4. The number of nitrogens with one attached hydrogen (secondary N) is 1. The number of likely N-dealkylation sites (tertiary alicyclic amines) is 1. The number of hydrogen-bond acceptors (Lipinski definition) is 3. The third kappa shape index (κ3) is 4.49. The fourth-order valence-electron chi connectivity index (χ4n) is 3.64. The maximum Gasteiger partial charge on any atom is 0.317 e. The number of nitrogens with zero attached hydrogens (tertiary/aromatic N) is 2. The van der Waals surface area contributed by atoms with Gasteiger partial charge < -0.3 is 15.1 Å². The number of unbranched alkanes of at least 4 members (excludes halogenated alkanes) is 1. The zero-order valence-electron chi connectivity index (χ0n) is 15.5. The second-order valence-corrected chi connectivity index (χ2v) is 9.22. The quantitative estimate of drug-likeness (QED) is 0.717. The van der Waals surface area contributed by atoms with Crippen molar-refractivity contribution in [2.75, 3.05) is 31.9 Å². The van der Waals surface area contributed by atoms with E-state index < -0.39 is 0 Å². The van der Waals surface area contributed by atoms with Gasteiger partial charge in [-0.3, -0.25) is 4.79 Å². The zero-order valence-corrected chi connectivity index (χ0v) is 17.8. The molecule has 1 aromatic carbocycles. The van der Waals surface area contributed by atoms with Gasteiger partial charge in [0.05, 0.1) is 14.9 Å². The lowest BCUT2D eigenvalue weighted by Gasteiger charge is -2.44. The number of halogens is 2. The Morgan fingerprint density at radius 1 is 1.19 bits per heavy atom. The number of carbonyl (C=O) groups is 2. The fourth-order valence-corrected chi connectivity index (χ4v) is 5.39. The van der Waals surface area contributed by atoms with Gasteiger partial charge in [-0.25, -0.2) is 4.79 Å². The normalized spacial score (nSPS) is 18.8. The van der Waals surface area contributed by atoms with E-state index in [0.717, 1.165) is 31.4 Å². The Labute approximate surface area is 174 Å². The molecular formula is C19H25Cl2N3O2S. The van der Waals surface area contributed by atoms with Crippen molar-refractivity contribution < 1.29 is 9.59 Å². The summed E-state index contributed by atoms with van der Waals surface area (Å²) in [6, 6.07) is 5.03. The van der Waals surface area contributed by atoms with Crippen molar-refractivity contribution in [1.82, 2.24) is 15.1 Å². The summed E-state index contributed by atoms with van der Waals surface area (Å²) in [5.41, 5.74) is 0.561. The highest BCUT2D eigenvalue weighted by Gasteiger charge is 2.47. The molecular weight excluding hydrogens is 405 g/mol. The predicted octanol–water partition coefficient (Wildman–Crippen LogP) is 4.48. The lowest BCUT2D eigenvalue weighted by atomic mass is 10.0. The van der Waals surface area contributed by atoms with Crippen LogP contribution in [0, 0.1) is 0 Å². The largest absolute Gasteiger partial charge is 0.338 e. The minimum atomic E-state index is -0.233. The van der Waals surface area contributed by atoms with E-state index in [1.54, 1.807) is 18.2 Å². The van der Waals surface area contributed by atoms with Crippen LogP contribution in [0.3, 0.4) is 0 Å². The molecule has 0 saturated carbocycles. The van der Waals surface area contributed by atoms with Gasteiger partial charge in [-0.05, 0) is 37.5 Å². The minimum absolute atomic E-state index is 0.00339. The van der Waals surface area contributed by atoms with Gasteiger partial charge in [-0.1, -0.05) is 36.5 Å². The van der Waals surface area contributed by atoms with Gasteiger partial charge in [0.25, 0.3) is 5.91 Å². The first-order chi connectivity index (χ1) is 13.0. The van der Waals surface area contributed by atoms with Gasteiger partial charge in [-0.2, -0.15) is 0 Å². The second kappa shape index (κ2) is 8.93. The summed E-state index contributed by atoms with van der Waals surface area (Å²) in [5, 5.41) is 3.81. The van der Waals surface area contributed by atoms with Crippen LogP contribution in [-0.4, -0.2) is 58.5 Å². The van der Waals surface area contributed by atoms with Crippen molar-refractivity contribution in [2.24, 2.45) is 0 Å². The number of piperidine rings is 1. The van der Waals surface area contributed by atoms with E-state index in [4.69, 9.17) is 23.2 Å². The highest BCUT2D eigenvalue weighted by atomic mass is 35.5. The first-order valence-electron chi connectivity index (χ1n) is 9.40. The SMILES string of the molecule is CCCCNC(=O)N1CCC2(CC1)SCCN2C(=O)c1ccc(Cl)c(Cl)c1. The molecule has 2 saturated heterocycles. The Morgan fingerprint density at radius 3 is 2.59 bits per heavy atom. The lowest BCUT2D eigenvalue weighted by Crippen LogP contribution is -2.55. The summed E-state index contributed by atoms with van der Waals surface area (Å²) in [6.07, 6.45) is 3.62.